The highest BCUT2D eigenvalue weighted by atomic mass is 19.4. The van der Waals surface area contributed by atoms with Gasteiger partial charge in [-0.05, 0) is 54.2 Å². The molecule has 0 aliphatic rings. The van der Waals surface area contributed by atoms with Gasteiger partial charge in [-0.1, -0.05) is 31.2 Å². The highest BCUT2D eigenvalue weighted by molar-refractivity contribution is 5.94. The zero-order valence-electron chi connectivity index (χ0n) is 20.4. The summed E-state index contributed by atoms with van der Waals surface area (Å²) in [6.45, 7) is 2.13. The lowest BCUT2D eigenvalue weighted by molar-refractivity contribution is -0.138. The van der Waals surface area contributed by atoms with Crippen molar-refractivity contribution in [2.24, 2.45) is 5.92 Å². The van der Waals surface area contributed by atoms with Crippen molar-refractivity contribution in [3.63, 3.8) is 0 Å². The van der Waals surface area contributed by atoms with Gasteiger partial charge >= 0.3 is 12.1 Å². The van der Waals surface area contributed by atoms with Crippen LogP contribution in [-0.4, -0.2) is 30.1 Å². The summed E-state index contributed by atoms with van der Waals surface area (Å²) in [4.78, 5) is 22.5. The van der Waals surface area contributed by atoms with Crippen molar-refractivity contribution in [1.82, 2.24) is 5.32 Å². The van der Waals surface area contributed by atoms with Gasteiger partial charge in [0.1, 0.15) is 17.4 Å². The molecule has 1 unspecified atom stereocenters. The third kappa shape index (κ3) is 8.03. The zero-order chi connectivity index (χ0) is 27.9. The summed E-state index contributed by atoms with van der Waals surface area (Å²) in [5.74, 6) is -3.25. The molecule has 0 aliphatic heterocycles. The van der Waals surface area contributed by atoms with Gasteiger partial charge in [-0.15, -0.1) is 0 Å². The molecular weight excluding hydrogens is 509 g/mol. The number of rotatable bonds is 11. The van der Waals surface area contributed by atoms with Gasteiger partial charge in [0.05, 0.1) is 24.2 Å². The number of carbonyl (C=O) groups excluding carboxylic acids is 1. The Morgan fingerprint density at radius 3 is 2.13 bits per heavy atom. The van der Waals surface area contributed by atoms with Crippen LogP contribution in [0.3, 0.4) is 0 Å². The Morgan fingerprint density at radius 1 is 0.974 bits per heavy atom. The standard InChI is InChI=1S/C28H26F5NO4/c1-17(2-3-18-4-6-20(7-5-18)27(37)34-13-12-25(35)36)16-38-22-14-23(29)26(24(30)15-22)19-8-10-21(11-9-19)28(31,32)33/h4-11,14-15,17H,2-3,12-13,16H2,1H3,(H,34,37)(H,35,36). The molecule has 0 saturated heterocycles. The minimum absolute atomic E-state index is 0.0170. The van der Waals surface area contributed by atoms with Crippen LogP contribution < -0.4 is 10.1 Å². The second-order valence-electron chi connectivity index (χ2n) is 8.89. The molecule has 38 heavy (non-hydrogen) atoms. The molecule has 0 spiro atoms. The van der Waals surface area contributed by atoms with Crippen LogP contribution in [0.4, 0.5) is 22.0 Å². The molecule has 5 nitrogen and oxygen atoms in total. The first kappa shape index (κ1) is 28.6. The predicted octanol–water partition coefficient (Wildman–Crippen LogP) is 6.50. The minimum Gasteiger partial charge on any atom is -0.493 e. The summed E-state index contributed by atoms with van der Waals surface area (Å²) >= 11 is 0. The third-order valence-electron chi connectivity index (χ3n) is 5.82. The van der Waals surface area contributed by atoms with Crippen molar-refractivity contribution in [2.45, 2.75) is 32.4 Å². The molecule has 2 N–H and O–H groups in total. The van der Waals surface area contributed by atoms with E-state index in [0.717, 1.165) is 42.0 Å². The van der Waals surface area contributed by atoms with Crippen LogP contribution in [0.2, 0.25) is 0 Å². The Balaban J connectivity index is 1.51. The number of halogens is 5. The average molecular weight is 536 g/mol. The van der Waals surface area contributed by atoms with Crippen molar-refractivity contribution in [1.29, 1.82) is 0 Å². The first-order valence-electron chi connectivity index (χ1n) is 11.8. The lowest BCUT2D eigenvalue weighted by Gasteiger charge is -2.15. The quantitative estimate of drug-likeness (QED) is 0.275. The van der Waals surface area contributed by atoms with Crippen molar-refractivity contribution in [3.05, 3.63) is 89.0 Å². The second kappa shape index (κ2) is 12.5. The van der Waals surface area contributed by atoms with E-state index in [1.807, 2.05) is 6.92 Å². The number of carbonyl (C=O) groups is 2. The van der Waals surface area contributed by atoms with Crippen LogP contribution in [0.1, 0.15) is 41.3 Å². The van der Waals surface area contributed by atoms with Gasteiger partial charge in [-0.2, -0.15) is 13.2 Å². The van der Waals surface area contributed by atoms with Gasteiger partial charge in [-0.3, -0.25) is 9.59 Å². The molecule has 0 heterocycles. The summed E-state index contributed by atoms with van der Waals surface area (Å²) in [7, 11) is 0. The van der Waals surface area contributed by atoms with Gasteiger partial charge in [0.15, 0.2) is 0 Å². The molecule has 1 atom stereocenters. The highest BCUT2D eigenvalue weighted by Crippen LogP contribution is 2.34. The molecular formula is C28H26F5NO4. The number of nitrogens with one attached hydrogen (secondary N) is 1. The van der Waals surface area contributed by atoms with E-state index in [0.29, 0.717) is 18.4 Å². The minimum atomic E-state index is -4.55. The monoisotopic (exact) mass is 535 g/mol. The number of hydrogen-bond acceptors (Lipinski definition) is 3. The normalized spacial score (nSPS) is 12.2. The first-order valence-corrected chi connectivity index (χ1v) is 11.8. The molecule has 10 heteroatoms. The predicted molar refractivity (Wildman–Crippen MR) is 131 cm³/mol. The van der Waals surface area contributed by atoms with E-state index in [4.69, 9.17) is 9.84 Å². The molecule has 3 aromatic carbocycles. The number of ether oxygens (including phenoxy) is 1. The number of alkyl halides is 3. The first-order chi connectivity index (χ1) is 17.9. The van der Waals surface area contributed by atoms with E-state index in [9.17, 15) is 31.5 Å². The van der Waals surface area contributed by atoms with Crippen molar-refractivity contribution >= 4 is 11.9 Å². The van der Waals surface area contributed by atoms with Crippen molar-refractivity contribution in [2.75, 3.05) is 13.2 Å². The molecule has 0 radical (unpaired) electrons. The van der Waals surface area contributed by atoms with Crippen molar-refractivity contribution in [3.8, 4) is 16.9 Å². The van der Waals surface area contributed by atoms with Crippen LogP contribution in [0.15, 0.2) is 60.7 Å². The number of hydrogen-bond donors (Lipinski definition) is 2. The van der Waals surface area contributed by atoms with E-state index >= 15 is 0 Å². The average Bonchev–Trinajstić information content (AvgIpc) is 2.85. The fraction of sp³-hybridized carbons (Fsp3) is 0.286. The number of carboxylic acid groups (broad SMARTS) is 1. The lowest BCUT2D eigenvalue weighted by Crippen LogP contribution is -2.25. The largest absolute Gasteiger partial charge is 0.493 e. The summed E-state index contributed by atoms with van der Waals surface area (Å²) in [5.41, 5.74) is 0.0245. The molecule has 0 saturated carbocycles. The molecule has 0 aliphatic carbocycles. The Bertz CT molecular complexity index is 1230. The van der Waals surface area contributed by atoms with Crippen LogP contribution in [0.25, 0.3) is 11.1 Å². The maximum absolute atomic E-state index is 14.6. The third-order valence-corrected chi connectivity index (χ3v) is 5.82. The molecule has 3 rings (SSSR count). The summed E-state index contributed by atoms with van der Waals surface area (Å²) in [5, 5.41) is 11.2. The van der Waals surface area contributed by atoms with Gasteiger partial charge in [0, 0.05) is 24.2 Å². The van der Waals surface area contributed by atoms with Crippen LogP contribution in [0, 0.1) is 17.6 Å². The Kier molecular flexibility index (Phi) is 9.44. The maximum Gasteiger partial charge on any atom is 0.416 e. The van der Waals surface area contributed by atoms with E-state index < -0.39 is 34.9 Å². The maximum atomic E-state index is 14.6. The molecule has 0 fully saturated rings. The Hall–Kier alpha value is -3.95. The highest BCUT2D eigenvalue weighted by Gasteiger charge is 2.30. The topological polar surface area (TPSA) is 75.6 Å². The number of carboxylic acids is 1. The molecule has 0 bridgehead atoms. The van der Waals surface area contributed by atoms with E-state index in [2.05, 4.69) is 5.32 Å². The van der Waals surface area contributed by atoms with Gasteiger partial charge in [-0.25, -0.2) is 8.78 Å². The fourth-order valence-corrected chi connectivity index (χ4v) is 3.68. The molecule has 1 amide bonds. The van der Waals surface area contributed by atoms with E-state index in [1.165, 1.54) is 0 Å². The van der Waals surface area contributed by atoms with Crippen LogP contribution in [0.5, 0.6) is 5.75 Å². The smallest absolute Gasteiger partial charge is 0.416 e. The summed E-state index contributed by atoms with van der Waals surface area (Å²) < 4.78 is 73.0. The van der Waals surface area contributed by atoms with Crippen LogP contribution >= 0.6 is 0 Å². The number of aliphatic carboxylic acids is 1. The second-order valence-corrected chi connectivity index (χ2v) is 8.89. The zero-order valence-corrected chi connectivity index (χ0v) is 20.4. The SMILES string of the molecule is CC(CCc1ccc(C(=O)NCCC(=O)O)cc1)COc1cc(F)c(-c2ccc(C(F)(F)F)cc2)c(F)c1. The lowest BCUT2D eigenvalue weighted by atomic mass is 10.0. The fourth-order valence-electron chi connectivity index (χ4n) is 3.68. The molecule has 3 aromatic rings. The van der Waals surface area contributed by atoms with Crippen LogP contribution in [-0.2, 0) is 17.4 Å². The number of aryl methyl sites for hydroxylation is 1. The van der Waals surface area contributed by atoms with E-state index in [-0.39, 0.29) is 42.7 Å². The Labute approximate surface area is 216 Å². The van der Waals surface area contributed by atoms with Gasteiger partial charge in [0.2, 0.25) is 0 Å². The number of benzene rings is 3. The summed E-state index contributed by atoms with van der Waals surface area (Å²) in [6.07, 6.45) is -3.35. The van der Waals surface area contributed by atoms with Crippen molar-refractivity contribution < 1.29 is 41.4 Å². The Morgan fingerprint density at radius 2 is 1.58 bits per heavy atom. The summed E-state index contributed by atoms with van der Waals surface area (Å²) in [6, 6.07) is 12.5. The van der Waals surface area contributed by atoms with Gasteiger partial charge < -0.3 is 15.2 Å². The van der Waals surface area contributed by atoms with Gasteiger partial charge in [0.25, 0.3) is 5.91 Å². The molecule has 0 aromatic heterocycles. The number of amides is 1. The van der Waals surface area contributed by atoms with E-state index in [1.54, 1.807) is 24.3 Å². The molecule has 202 valence electrons.